The molecule has 0 aliphatic carbocycles. The molecule has 0 saturated heterocycles. The summed E-state index contributed by atoms with van der Waals surface area (Å²) < 4.78 is 9.95. The summed E-state index contributed by atoms with van der Waals surface area (Å²) in [4.78, 5) is 22.9. The molecule has 0 spiro atoms. The number of esters is 1. The van der Waals surface area contributed by atoms with Crippen molar-refractivity contribution in [2.75, 3.05) is 13.7 Å². The molecule has 1 aromatic carbocycles. The Labute approximate surface area is 119 Å². The van der Waals surface area contributed by atoms with Crippen molar-refractivity contribution >= 4 is 11.9 Å². The third-order valence-corrected chi connectivity index (χ3v) is 3.03. The third kappa shape index (κ3) is 4.91. The van der Waals surface area contributed by atoms with E-state index in [1.54, 1.807) is 24.3 Å². The van der Waals surface area contributed by atoms with Crippen LogP contribution in [0.4, 0.5) is 0 Å². The highest BCUT2D eigenvalue weighted by molar-refractivity contribution is 5.89. The molecule has 5 nitrogen and oxygen atoms in total. The van der Waals surface area contributed by atoms with E-state index in [-0.39, 0.29) is 18.6 Å². The number of hydrogen-bond donors (Lipinski definition) is 1. The lowest BCUT2D eigenvalue weighted by atomic mass is 10.1. The highest BCUT2D eigenvalue weighted by Gasteiger charge is 2.11. The van der Waals surface area contributed by atoms with Crippen molar-refractivity contribution < 1.29 is 19.1 Å². The second-order valence-electron chi connectivity index (χ2n) is 4.90. The van der Waals surface area contributed by atoms with Gasteiger partial charge < -0.3 is 14.8 Å². The van der Waals surface area contributed by atoms with Crippen LogP contribution < -0.4 is 10.1 Å². The summed E-state index contributed by atoms with van der Waals surface area (Å²) in [6.45, 7) is 5.98. The summed E-state index contributed by atoms with van der Waals surface area (Å²) in [5.41, 5.74) is 0.442. The first-order valence-electron chi connectivity index (χ1n) is 6.54. The van der Waals surface area contributed by atoms with Gasteiger partial charge in [0, 0.05) is 6.04 Å². The predicted octanol–water partition coefficient (Wildman–Crippen LogP) is 2.01. The lowest BCUT2D eigenvalue weighted by Crippen LogP contribution is -2.38. The summed E-state index contributed by atoms with van der Waals surface area (Å²) in [7, 11) is 1.33. The molecule has 0 aromatic heterocycles. The molecule has 1 aromatic rings. The first-order chi connectivity index (χ1) is 9.43. The number of nitrogens with one attached hydrogen (secondary N) is 1. The molecule has 0 heterocycles. The number of benzene rings is 1. The summed E-state index contributed by atoms with van der Waals surface area (Å²) in [5.74, 6) is 0.339. The second kappa shape index (κ2) is 7.53. The van der Waals surface area contributed by atoms with Gasteiger partial charge in [0.2, 0.25) is 0 Å². The van der Waals surface area contributed by atoms with Crippen molar-refractivity contribution in [1.29, 1.82) is 0 Å². The van der Waals surface area contributed by atoms with Crippen LogP contribution in [0.1, 0.15) is 31.1 Å². The van der Waals surface area contributed by atoms with Crippen LogP contribution in [-0.2, 0) is 9.53 Å². The Bertz CT molecular complexity index is 453. The molecule has 20 heavy (non-hydrogen) atoms. The Kier molecular flexibility index (Phi) is 6.03. The molecule has 0 fully saturated rings. The minimum Gasteiger partial charge on any atom is -0.484 e. The molecule has 0 saturated carbocycles. The number of methoxy groups -OCH3 is 1. The zero-order valence-corrected chi connectivity index (χ0v) is 12.3. The van der Waals surface area contributed by atoms with Gasteiger partial charge in [-0.3, -0.25) is 4.79 Å². The Morgan fingerprint density at radius 1 is 1.15 bits per heavy atom. The number of carbonyl (C=O) groups is 2. The zero-order valence-electron chi connectivity index (χ0n) is 12.3. The molecule has 5 heteroatoms. The molecule has 1 amide bonds. The van der Waals surface area contributed by atoms with E-state index in [2.05, 4.69) is 10.1 Å². The van der Waals surface area contributed by atoms with E-state index >= 15 is 0 Å². The predicted molar refractivity (Wildman–Crippen MR) is 75.7 cm³/mol. The number of amides is 1. The maximum Gasteiger partial charge on any atom is 0.337 e. The van der Waals surface area contributed by atoms with Gasteiger partial charge >= 0.3 is 5.97 Å². The molecular formula is C15H21NO4. The van der Waals surface area contributed by atoms with Gasteiger partial charge in [-0.05, 0) is 37.1 Å². The molecule has 0 aliphatic heterocycles. The van der Waals surface area contributed by atoms with Gasteiger partial charge in [-0.2, -0.15) is 0 Å². The molecule has 110 valence electrons. The molecular weight excluding hydrogens is 258 g/mol. The van der Waals surface area contributed by atoms with Crippen molar-refractivity contribution in [2.45, 2.75) is 26.8 Å². The fourth-order valence-electron chi connectivity index (χ4n) is 1.42. The van der Waals surface area contributed by atoms with Gasteiger partial charge in [0.1, 0.15) is 5.75 Å². The molecule has 0 radical (unpaired) electrons. The van der Waals surface area contributed by atoms with Gasteiger partial charge in [-0.25, -0.2) is 4.79 Å². The Morgan fingerprint density at radius 2 is 1.75 bits per heavy atom. The minimum atomic E-state index is -0.403. The second-order valence-corrected chi connectivity index (χ2v) is 4.90. The summed E-state index contributed by atoms with van der Waals surface area (Å²) in [6, 6.07) is 6.55. The van der Waals surface area contributed by atoms with E-state index in [1.807, 2.05) is 20.8 Å². The fraction of sp³-hybridized carbons (Fsp3) is 0.467. The quantitative estimate of drug-likeness (QED) is 0.809. The first kappa shape index (κ1) is 16.0. The zero-order chi connectivity index (χ0) is 15.1. The Morgan fingerprint density at radius 3 is 2.25 bits per heavy atom. The van der Waals surface area contributed by atoms with Gasteiger partial charge in [0.25, 0.3) is 5.91 Å². The molecule has 0 bridgehead atoms. The van der Waals surface area contributed by atoms with Crippen LogP contribution in [0.5, 0.6) is 5.75 Å². The van der Waals surface area contributed by atoms with Crippen LogP contribution in [0.2, 0.25) is 0 Å². The van der Waals surface area contributed by atoms with E-state index in [1.165, 1.54) is 7.11 Å². The lowest BCUT2D eigenvalue weighted by Gasteiger charge is -2.17. The summed E-state index contributed by atoms with van der Waals surface area (Å²) in [5, 5.41) is 2.85. The average Bonchev–Trinajstić information content (AvgIpc) is 2.44. The van der Waals surface area contributed by atoms with Gasteiger partial charge in [-0.1, -0.05) is 13.8 Å². The highest BCUT2D eigenvalue weighted by atomic mass is 16.5. The summed E-state index contributed by atoms with van der Waals surface area (Å²) >= 11 is 0. The topological polar surface area (TPSA) is 64.6 Å². The van der Waals surface area contributed by atoms with Crippen LogP contribution in [0, 0.1) is 5.92 Å². The lowest BCUT2D eigenvalue weighted by molar-refractivity contribution is -0.124. The number of hydrogen-bond acceptors (Lipinski definition) is 4. The van der Waals surface area contributed by atoms with Crippen LogP contribution in [0.15, 0.2) is 24.3 Å². The van der Waals surface area contributed by atoms with Crippen LogP contribution in [-0.4, -0.2) is 31.6 Å². The monoisotopic (exact) mass is 279 g/mol. The molecule has 1 unspecified atom stereocenters. The number of carbonyl (C=O) groups excluding carboxylic acids is 2. The molecule has 1 N–H and O–H groups in total. The minimum absolute atomic E-state index is 0.0470. The number of rotatable bonds is 6. The van der Waals surface area contributed by atoms with Crippen LogP contribution >= 0.6 is 0 Å². The average molecular weight is 279 g/mol. The smallest absolute Gasteiger partial charge is 0.337 e. The van der Waals surface area contributed by atoms with E-state index in [9.17, 15) is 9.59 Å². The van der Waals surface area contributed by atoms with Gasteiger partial charge in [0.05, 0.1) is 12.7 Å². The van der Waals surface area contributed by atoms with Crippen molar-refractivity contribution in [3.8, 4) is 5.75 Å². The first-order valence-corrected chi connectivity index (χ1v) is 6.54. The Hall–Kier alpha value is -2.04. The van der Waals surface area contributed by atoms with Crippen molar-refractivity contribution in [3.63, 3.8) is 0 Å². The highest BCUT2D eigenvalue weighted by Crippen LogP contribution is 2.12. The number of ether oxygens (including phenoxy) is 2. The largest absolute Gasteiger partial charge is 0.484 e. The molecule has 1 atom stereocenters. The maximum absolute atomic E-state index is 11.6. The normalized spacial score (nSPS) is 11.8. The van der Waals surface area contributed by atoms with E-state index < -0.39 is 5.97 Å². The third-order valence-electron chi connectivity index (χ3n) is 3.03. The summed E-state index contributed by atoms with van der Waals surface area (Å²) in [6.07, 6.45) is 0. The van der Waals surface area contributed by atoms with E-state index in [0.29, 0.717) is 17.2 Å². The van der Waals surface area contributed by atoms with Crippen molar-refractivity contribution in [3.05, 3.63) is 29.8 Å². The SMILES string of the molecule is COC(=O)c1ccc(OCC(=O)NC(C)C(C)C)cc1. The fourth-order valence-corrected chi connectivity index (χ4v) is 1.42. The van der Waals surface area contributed by atoms with Crippen LogP contribution in [0.25, 0.3) is 0 Å². The maximum atomic E-state index is 11.6. The molecule has 1 rings (SSSR count). The Balaban J connectivity index is 2.46. The van der Waals surface area contributed by atoms with Gasteiger partial charge in [0.15, 0.2) is 6.61 Å². The van der Waals surface area contributed by atoms with Gasteiger partial charge in [-0.15, -0.1) is 0 Å². The van der Waals surface area contributed by atoms with Crippen molar-refractivity contribution in [2.24, 2.45) is 5.92 Å². The van der Waals surface area contributed by atoms with E-state index in [0.717, 1.165) is 0 Å². The molecule has 0 aliphatic rings. The standard InChI is InChI=1S/C15H21NO4/c1-10(2)11(3)16-14(17)9-20-13-7-5-12(6-8-13)15(18)19-4/h5-8,10-11H,9H2,1-4H3,(H,16,17). The van der Waals surface area contributed by atoms with Crippen LogP contribution in [0.3, 0.4) is 0 Å². The van der Waals surface area contributed by atoms with E-state index in [4.69, 9.17) is 4.74 Å². The van der Waals surface area contributed by atoms with Crippen molar-refractivity contribution in [1.82, 2.24) is 5.32 Å².